The predicted molar refractivity (Wildman–Crippen MR) is 81.9 cm³/mol. The highest BCUT2D eigenvalue weighted by atomic mass is 35.5. The monoisotopic (exact) mass is 284 g/mol. The van der Waals surface area contributed by atoms with Gasteiger partial charge in [0.25, 0.3) is 0 Å². The fourth-order valence-electron chi connectivity index (χ4n) is 1.99. The lowest BCUT2D eigenvalue weighted by Crippen LogP contribution is -1.97. The molecule has 0 atom stereocenters. The van der Waals surface area contributed by atoms with E-state index in [1.165, 1.54) is 0 Å². The number of hydrogen-bond acceptors (Lipinski definition) is 3. The summed E-state index contributed by atoms with van der Waals surface area (Å²) in [5.74, 6) is 0.782. The quantitative estimate of drug-likeness (QED) is 0.738. The minimum atomic E-state index is 0.444. The molecule has 3 rings (SSSR count). The molecule has 0 amide bonds. The average Bonchev–Trinajstić information content (AvgIpc) is 2.48. The average molecular weight is 285 g/mol. The fourth-order valence-corrected chi connectivity index (χ4v) is 2.10. The summed E-state index contributed by atoms with van der Waals surface area (Å²) < 4.78 is 5.76. The molecule has 3 nitrogen and oxygen atoms in total. The van der Waals surface area contributed by atoms with Crippen LogP contribution in [0.4, 0.5) is 5.69 Å². The van der Waals surface area contributed by atoms with E-state index in [1.807, 2.05) is 42.5 Å². The number of pyridine rings is 1. The third kappa shape index (κ3) is 2.68. The van der Waals surface area contributed by atoms with Gasteiger partial charge in [0.05, 0.1) is 16.2 Å². The lowest BCUT2D eigenvalue weighted by atomic mass is 10.2. The van der Waals surface area contributed by atoms with Crippen LogP contribution in [0.1, 0.15) is 5.56 Å². The van der Waals surface area contributed by atoms with Crippen LogP contribution in [0.25, 0.3) is 10.9 Å². The molecule has 3 aromatic rings. The second kappa shape index (κ2) is 5.39. The molecule has 0 saturated heterocycles. The first-order valence-corrected chi connectivity index (χ1v) is 6.62. The van der Waals surface area contributed by atoms with E-state index >= 15 is 0 Å². The number of nitrogen functional groups attached to an aromatic ring is 1. The number of fused-ring (bicyclic) bond motifs is 1. The van der Waals surface area contributed by atoms with Gasteiger partial charge in [0.1, 0.15) is 12.4 Å². The van der Waals surface area contributed by atoms with Crippen LogP contribution in [0.3, 0.4) is 0 Å². The first-order valence-electron chi connectivity index (χ1n) is 6.24. The standard InChI is InChI=1S/C16H13ClN2O/c17-14-6-3-11(8-15(14)18)10-20-13-5-4-12-2-1-7-19-16(12)9-13/h1-9H,10,18H2. The van der Waals surface area contributed by atoms with Crippen molar-refractivity contribution in [2.24, 2.45) is 0 Å². The molecule has 0 aliphatic rings. The van der Waals surface area contributed by atoms with E-state index in [1.54, 1.807) is 12.3 Å². The van der Waals surface area contributed by atoms with Crippen molar-refractivity contribution in [1.82, 2.24) is 4.98 Å². The van der Waals surface area contributed by atoms with Crippen molar-refractivity contribution in [1.29, 1.82) is 0 Å². The Balaban J connectivity index is 1.77. The van der Waals surface area contributed by atoms with Crippen LogP contribution in [0.5, 0.6) is 5.75 Å². The highest BCUT2D eigenvalue weighted by Gasteiger charge is 2.01. The summed E-state index contributed by atoms with van der Waals surface area (Å²) in [7, 11) is 0. The van der Waals surface area contributed by atoms with Crippen molar-refractivity contribution in [2.45, 2.75) is 6.61 Å². The van der Waals surface area contributed by atoms with Crippen molar-refractivity contribution in [3.8, 4) is 5.75 Å². The molecule has 4 heteroatoms. The van der Waals surface area contributed by atoms with Crippen molar-refractivity contribution >= 4 is 28.2 Å². The second-order valence-electron chi connectivity index (χ2n) is 4.50. The van der Waals surface area contributed by atoms with Gasteiger partial charge < -0.3 is 10.5 Å². The topological polar surface area (TPSA) is 48.1 Å². The van der Waals surface area contributed by atoms with E-state index in [0.29, 0.717) is 17.3 Å². The van der Waals surface area contributed by atoms with Crippen LogP contribution in [0.15, 0.2) is 54.7 Å². The van der Waals surface area contributed by atoms with Gasteiger partial charge in [-0.25, -0.2) is 0 Å². The smallest absolute Gasteiger partial charge is 0.122 e. The van der Waals surface area contributed by atoms with Crippen LogP contribution in [-0.2, 0) is 6.61 Å². The molecule has 0 spiro atoms. The number of benzene rings is 2. The zero-order chi connectivity index (χ0) is 13.9. The summed E-state index contributed by atoms with van der Waals surface area (Å²) in [4.78, 5) is 4.31. The zero-order valence-electron chi connectivity index (χ0n) is 10.7. The normalized spacial score (nSPS) is 10.7. The van der Waals surface area contributed by atoms with Crippen molar-refractivity contribution in [2.75, 3.05) is 5.73 Å². The van der Waals surface area contributed by atoms with Gasteiger partial charge in [0, 0.05) is 17.6 Å². The molecule has 0 bridgehead atoms. The summed E-state index contributed by atoms with van der Waals surface area (Å²) in [6, 6.07) is 15.3. The van der Waals surface area contributed by atoms with Gasteiger partial charge in [-0.05, 0) is 35.9 Å². The molecule has 1 heterocycles. The SMILES string of the molecule is Nc1cc(COc2ccc3cccnc3c2)ccc1Cl. The van der Waals surface area contributed by atoms with E-state index < -0.39 is 0 Å². The molecule has 2 N–H and O–H groups in total. The Kier molecular flexibility index (Phi) is 3.44. The zero-order valence-corrected chi connectivity index (χ0v) is 11.5. The highest BCUT2D eigenvalue weighted by Crippen LogP contribution is 2.22. The van der Waals surface area contributed by atoms with E-state index in [4.69, 9.17) is 22.1 Å². The van der Waals surface area contributed by atoms with E-state index in [2.05, 4.69) is 4.98 Å². The van der Waals surface area contributed by atoms with Gasteiger partial charge in [-0.1, -0.05) is 23.7 Å². The van der Waals surface area contributed by atoms with Gasteiger partial charge in [-0.2, -0.15) is 0 Å². The number of halogens is 1. The molecule has 1 aromatic heterocycles. The number of hydrogen-bond donors (Lipinski definition) is 1. The first kappa shape index (κ1) is 12.8. The van der Waals surface area contributed by atoms with Crippen molar-refractivity contribution in [3.05, 3.63) is 65.3 Å². The molecule has 0 fully saturated rings. The molecule has 0 aliphatic heterocycles. The summed E-state index contributed by atoms with van der Waals surface area (Å²) in [6.45, 7) is 0.444. The van der Waals surface area contributed by atoms with Gasteiger partial charge >= 0.3 is 0 Å². The molecule has 0 radical (unpaired) electrons. The molecule has 0 unspecified atom stereocenters. The number of aromatic nitrogens is 1. The van der Waals surface area contributed by atoms with E-state index in [-0.39, 0.29) is 0 Å². The van der Waals surface area contributed by atoms with Crippen LogP contribution in [0.2, 0.25) is 5.02 Å². The Labute approximate surface area is 122 Å². The number of nitrogens with zero attached hydrogens (tertiary/aromatic N) is 1. The number of ether oxygens (including phenoxy) is 1. The van der Waals surface area contributed by atoms with E-state index in [0.717, 1.165) is 22.2 Å². The summed E-state index contributed by atoms with van der Waals surface area (Å²) in [5, 5.41) is 1.65. The maximum absolute atomic E-state index is 5.89. The van der Waals surface area contributed by atoms with Crippen molar-refractivity contribution < 1.29 is 4.74 Å². The van der Waals surface area contributed by atoms with Gasteiger partial charge in [0.2, 0.25) is 0 Å². The Morgan fingerprint density at radius 2 is 2.00 bits per heavy atom. The molecule has 20 heavy (non-hydrogen) atoms. The Morgan fingerprint density at radius 3 is 2.85 bits per heavy atom. The molecule has 100 valence electrons. The van der Waals surface area contributed by atoms with Crippen LogP contribution >= 0.6 is 11.6 Å². The Morgan fingerprint density at radius 1 is 1.10 bits per heavy atom. The van der Waals surface area contributed by atoms with Crippen LogP contribution < -0.4 is 10.5 Å². The number of nitrogens with two attached hydrogens (primary N) is 1. The minimum absolute atomic E-state index is 0.444. The van der Waals surface area contributed by atoms with Gasteiger partial charge in [-0.15, -0.1) is 0 Å². The molecule has 0 aliphatic carbocycles. The summed E-state index contributed by atoms with van der Waals surface area (Å²) in [5.41, 5.74) is 8.23. The molecule has 0 saturated carbocycles. The Bertz CT molecular complexity index is 758. The number of rotatable bonds is 3. The number of anilines is 1. The third-order valence-corrected chi connectivity index (χ3v) is 3.39. The molecular weight excluding hydrogens is 272 g/mol. The second-order valence-corrected chi connectivity index (χ2v) is 4.91. The fraction of sp³-hybridized carbons (Fsp3) is 0.0625. The van der Waals surface area contributed by atoms with Crippen molar-refractivity contribution in [3.63, 3.8) is 0 Å². The van der Waals surface area contributed by atoms with Gasteiger partial charge in [-0.3, -0.25) is 4.98 Å². The lowest BCUT2D eigenvalue weighted by Gasteiger charge is -2.08. The summed E-state index contributed by atoms with van der Waals surface area (Å²) >= 11 is 5.89. The minimum Gasteiger partial charge on any atom is -0.489 e. The highest BCUT2D eigenvalue weighted by molar-refractivity contribution is 6.33. The van der Waals surface area contributed by atoms with E-state index in [9.17, 15) is 0 Å². The maximum atomic E-state index is 5.89. The third-order valence-electron chi connectivity index (χ3n) is 3.04. The molecule has 2 aromatic carbocycles. The predicted octanol–water partition coefficient (Wildman–Crippen LogP) is 4.05. The summed E-state index contributed by atoms with van der Waals surface area (Å²) in [6.07, 6.45) is 1.77. The maximum Gasteiger partial charge on any atom is 0.122 e. The van der Waals surface area contributed by atoms with Gasteiger partial charge in [0.15, 0.2) is 0 Å². The Hall–Kier alpha value is -2.26. The van der Waals surface area contributed by atoms with Crippen LogP contribution in [0, 0.1) is 0 Å². The largest absolute Gasteiger partial charge is 0.489 e. The molecular formula is C16H13ClN2O. The van der Waals surface area contributed by atoms with Crippen LogP contribution in [-0.4, -0.2) is 4.98 Å². The lowest BCUT2D eigenvalue weighted by molar-refractivity contribution is 0.306. The first-order chi connectivity index (χ1) is 9.72.